The molecule has 0 saturated heterocycles. The summed E-state index contributed by atoms with van der Waals surface area (Å²) in [5, 5.41) is 0. The van der Waals surface area contributed by atoms with E-state index in [9.17, 15) is 0 Å². The van der Waals surface area contributed by atoms with Gasteiger partial charge in [0.25, 0.3) is 0 Å². The van der Waals surface area contributed by atoms with Gasteiger partial charge in [-0.2, -0.15) is 0 Å². The fourth-order valence-corrected chi connectivity index (χ4v) is 2.66. The fraction of sp³-hybridized carbons (Fsp3) is 0.625. The normalized spacial score (nSPS) is 11.2. The highest BCUT2D eigenvalue weighted by molar-refractivity contribution is 5.51. The Labute approximate surface area is 122 Å². The van der Waals surface area contributed by atoms with Crippen LogP contribution in [0.1, 0.15) is 42.0 Å². The van der Waals surface area contributed by atoms with Crippen LogP contribution < -0.4 is 4.74 Å². The molecule has 0 atom stereocenters. The van der Waals surface area contributed by atoms with Gasteiger partial charge in [0.15, 0.2) is 0 Å². The summed E-state index contributed by atoms with van der Waals surface area (Å²) in [6, 6.07) is 2.11. The topological polar surface area (TPSA) is 36.9 Å². The van der Waals surface area contributed by atoms with Crippen LogP contribution in [0.15, 0.2) is 6.07 Å². The molecule has 0 aliphatic heterocycles. The first-order valence-electron chi connectivity index (χ1n) is 6.78. The predicted molar refractivity (Wildman–Crippen MR) is 79.2 cm³/mol. The summed E-state index contributed by atoms with van der Waals surface area (Å²) < 4.78 is 21.6. The summed E-state index contributed by atoms with van der Waals surface area (Å²) in [7, 11) is 6.78. The van der Waals surface area contributed by atoms with Gasteiger partial charge in [0, 0.05) is 32.5 Å². The lowest BCUT2D eigenvalue weighted by atomic mass is 9.89. The van der Waals surface area contributed by atoms with E-state index in [1.54, 1.807) is 28.4 Å². The first-order chi connectivity index (χ1) is 9.60. The minimum atomic E-state index is 0.371. The zero-order valence-corrected chi connectivity index (χ0v) is 13.4. The molecular weight excluding hydrogens is 256 g/mol. The van der Waals surface area contributed by atoms with Crippen molar-refractivity contribution in [1.29, 1.82) is 0 Å². The van der Waals surface area contributed by atoms with Gasteiger partial charge >= 0.3 is 0 Å². The highest BCUT2D eigenvalue weighted by Crippen LogP contribution is 2.36. The van der Waals surface area contributed by atoms with Crippen LogP contribution in [0.3, 0.4) is 0 Å². The Hall–Kier alpha value is -1.10. The third kappa shape index (κ3) is 3.72. The number of rotatable bonds is 8. The average Bonchev–Trinajstić information content (AvgIpc) is 2.39. The van der Waals surface area contributed by atoms with Gasteiger partial charge in [-0.1, -0.05) is 13.8 Å². The van der Waals surface area contributed by atoms with Gasteiger partial charge in [0.2, 0.25) is 0 Å². The lowest BCUT2D eigenvalue weighted by Crippen LogP contribution is -2.10. The summed E-state index contributed by atoms with van der Waals surface area (Å²) in [4.78, 5) is 0. The van der Waals surface area contributed by atoms with E-state index in [1.807, 2.05) is 0 Å². The van der Waals surface area contributed by atoms with Crippen molar-refractivity contribution < 1.29 is 18.9 Å². The van der Waals surface area contributed by atoms with E-state index in [1.165, 1.54) is 11.1 Å². The van der Waals surface area contributed by atoms with Crippen LogP contribution >= 0.6 is 0 Å². The smallest absolute Gasteiger partial charge is 0.130 e. The molecule has 114 valence electrons. The van der Waals surface area contributed by atoms with Gasteiger partial charge in [-0.3, -0.25) is 0 Å². The molecule has 0 aliphatic carbocycles. The molecule has 1 rings (SSSR count). The van der Waals surface area contributed by atoms with Crippen LogP contribution in [0.4, 0.5) is 0 Å². The van der Waals surface area contributed by atoms with Crippen LogP contribution in [0.25, 0.3) is 0 Å². The van der Waals surface area contributed by atoms with Gasteiger partial charge in [0.1, 0.15) is 5.75 Å². The molecule has 0 spiro atoms. The second kappa shape index (κ2) is 8.25. The molecule has 0 N–H and O–H groups in total. The molecule has 0 aromatic heterocycles. The summed E-state index contributed by atoms with van der Waals surface area (Å²) in [6.45, 7) is 5.94. The van der Waals surface area contributed by atoms with E-state index in [2.05, 4.69) is 19.9 Å². The first kappa shape index (κ1) is 17.0. The fourth-order valence-electron chi connectivity index (χ4n) is 2.66. The number of benzene rings is 1. The molecule has 1 aromatic carbocycles. The van der Waals surface area contributed by atoms with Crippen molar-refractivity contribution in [3.05, 3.63) is 28.3 Å². The Balaban J connectivity index is 3.51. The molecule has 0 heterocycles. The zero-order chi connectivity index (χ0) is 15.1. The quantitative estimate of drug-likeness (QED) is 0.733. The van der Waals surface area contributed by atoms with Crippen molar-refractivity contribution in [3.8, 4) is 5.75 Å². The lowest BCUT2D eigenvalue weighted by Gasteiger charge is -2.23. The Morgan fingerprint density at radius 1 is 0.850 bits per heavy atom. The summed E-state index contributed by atoms with van der Waals surface area (Å²) in [5.74, 6) is 1.23. The largest absolute Gasteiger partial charge is 0.496 e. The molecule has 0 bridgehead atoms. The van der Waals surface area contributed by atoms with E-state index in [4.69, 9.17) is 18.9 Å². The second-order valence-electron chi connectivity index (χ2n) is 5.07. The molecule has 4 heteroatoms. The highest BCUT2D eigenvalue weighted by Gasteiger charge is 2.20. The third-order valence-corrected chi connectivity index (χ3v) is 3.26. The SMILES string of the molecule is COCc1cc(COC)c(C(C)C)c(COC)c1OC. The third-order valence-electron chi connectivity index (χ3n) is 3.26. The van der Waals surface area contributed by atoms with Crippen molar-refractivity contribution in [3.63, 3.8) is 0 Å². The molecule has 4 nitrogen and oxygen atoms in total. The van der Waals surface area contributed by atoms with Crippen LogP contribution in [-0.4, -0.2) is 28.4 Å². The van der Waals surface area contributed by atoms with Crippen molar-refractivity contribution in [2.24, 2.45) is 0 Å². The van der Waals surface area contributed by atoms with Gasteiger partial charge in [0.05, 0.1) is 26.9 Å². The van der Waals surface area contributed by atoms with E-state index in [-0.39, 0.29) is 0 Å². The zero-order valence-electron chi connectivity index (χ0n) is 13.4. The van der Waals surface area contributed by atoms with E-state index >= 15 is 0 Å². The van der Waals surface area contributed by atoms with Gasteiger partial charge in [-0.15, -0.1) is 0 Å². The molecule has 0 unspecified atom stereocenters. The van der Waals surface area contributed by atoms with E-state index < -0.39 is 0 Å². The van der Waals surface area contributed by atoms with Gasteiger partial charge in [-0.05, 0) is 23.1 Å². The maximum atomic E-state index is 5.60. The van der Waals surface area contributed by atoms with E-state index in [0.29, 0.717) is 25.7 Å². The van der Waals surface area contributed by atoms with Crippen molar-refractivity contribution in [2.75, 3.05) is 28.4 Å². The molecule has 0 saturated carbocycles. The maximum Gasteiger partial charge on any atom is 0.130 e. The number of hydrogen-bond donors (Lipinski definition) is 0. The second-order valence-corrected chi connectivity index (χ2v) is 5.07. The lowest BCUT2D eigenvalue weighted by molar-refractivity contribution is 0.168. The minimum Gasteiger partial charge on any atom is -0.496 e. The molecule has 0 aliphatic rings. The van der Waals surface area contributed by atoms with Gasteiger partial charge in [-0.25, -0.2) is 0 Å². The highest BCUT2D eigenvalue weighted by atomic mass is 16.5. The standard InChI is InChI=1S/C16H26O4/c1-11(2)15-12(8-17-3)7-13(9-18-4)16(20-6)14(15)10-19-5/h7,11H,8-10H2,1-6H3. The average molecular weight is 282 g/mol. The summed E-state index contributed by atoms with van der Waals surface area (Å²) in [5.41, 5.74) is 4.53. The van der Waals surface area contributed by atoms with Crippen LogP contribution in [0.5, 0.6) is 5.75 Å². The number of ether oxygens (including phenoxy) is 4. The Bertz CT molecular complexity index is 427. The Morgan fingerprint density at radius 2 is 1.40 bits per heavy atom. The predicted octanol–water partition coefficient (Wildman–Crippen LogP) is 3.26. The summed E-state index contributed by atoms with van der Waals surface area (Å²) >= 11 is 0. The Morgan fingerprint density at radius 3 is 1.85 bits per heavy atom. The van der Waals surface area contributed by atoms with Gasteiger partial charge < -0.3 is 18.9 Å². The minimum absolute atomic E-state index is 0.371. The summed E-state index contributed by atoms with van der Waals surface area (Å²) in [6.07, 6.45) is 0. The number of hydrogen-bond acceptors (Lipinski definition) is 4. The molecule has 0 fully saturated rings. The molecular formula is C16H26O4. The van der Waals surface area contributed by atoms with Crippen molar-refractivity contribution in [2.45, 2.75) is 39.6 Å². The molecule has 0 radical (unpaired) electrons. The van der Waals surface area contributed by atoms with Crippen LogP contribution in [0.2, 0.25) is 0 Å². The van der Waals surface area contributed by atoms with Crippen molar-refractivity contribution >= 4 is 0 Å². The van der Waals surface area contributed by atoms with Crippen molar-refractivity contribution in [1.82, 2.24) is 0 Å². The van der Waals surface area contributed by atoms with Crippen LogP contribution in [0, 0.1) is 0 Å². The molecule has 1 aromatic rings. The first-order valence-corrected chi connectivity index (χ1v) is 6.78. The molecule has 0 amide bonds. The Kier molecular flexibility index (Phi) is 6.99. The maximum absolute atomic E-state index is 5.60. The molecule has 20 heavy (non-hydrogen) atoms. The van der Waals surface area contributed by atoms with Crippen LogP contribution in [-0.2, 0) is 34.0 Å². The van der Waals surface area contributed by atoms with E-state index in [0.717, 1.165) is 16.9 Å². The monoisotopic (exact) mass is 282 g/mol. The number of methoxy groups -OCH3 is 4.